The van der Waals surface area contributed by atoms with Crippen molar-refractivity contribution in [1.29, 1.82) is 0 Å². The topological polar surface area (TPSA) is 44.8 Å². The highest BCUT2D eigenvalue weighted by Crippen LogP contribution is 2.31. The third kappa shape index (κ3) is 4.47. The van der Waals surface area contributed by atoms with Crippen molar-refractivity contribution in [3.8, 4) is 11.5 Å². The molecule has 0 aliphatic heterocycles. The van der Waals surface area contributed by atoms with Crippen molar-refractivity contribution in [2.75, 3.05) is 14.2 Å². The first kappa shape index (κ1) is 15.3. The van der Waals surface area contributed by atoms with E-state index in [0.717, 1.165) is 18.4 Å². The third-order valence-electron chi connectivity index (χ3n) is 2.92. The second kappa shape index (κ2) is 7.67. The molecule has 0 saturated carbocycles. The molecule has 0 spiro atoms. The minimum Gasteiger partial charge on any atom is -0.493 e. The van der Waals surface area contributed by atoms with Crippen molar-refractivity contribution in [2.45, 2.75) is 39.2 Å². The summed E-state index contributed by atoms with van der Waals surface area (Å²) in [4.78, 5) is 11.6. The van der Waals surface area contributed by atoms with Gasteiger partial charge in [-0.25, -0.2) is 0 Å². The number of benzene rings is 1. The summed E-state index contributed by atoms with van der Waals surface area (Å²) in [6.07, 6.45) is 2.02. The molecule has 19 heavy (non-hydrogen) atoms. The summed E-state index contributed by atoms with van der Waals surface area (Å²) in [7, 11) is 3.17. The molecule has 1 aromatic rings. The molecule has 1 atom stereocenters. The van der Waals surface area contributed by atoms with E-state index in [4.69, 9.17) is 14.2 Å². The fourth-order valence-electron chi connectivity index (χ4n) is 1.75. The van der Waals surface area contributed by atoms with Gasteiger partial charge in [-0.3, -0.25) is 4.79 Å². The van der Waals surface area contributed by atoms with Crippen LogP contribution in [0.3, 0.4) is 0 Å². The number of hydrogen-bond donors (Lipinski definition) is 0. The molecular formula is C15H22O4. The van der Waals surface area contributed by atoms with E-state index in [9.17, 15) is 4.79 Å². The Balaban J connectivity index is 2.71. The first-order valence-corrected chi connectivity index (χ1v) is 6.53. The Morgan fingerprint density at radius 3 is 2.47 bits per heavy atom. The Morgan fingerprint density at radius 1 is 1.21 bits per heavy atom. The summed E-state index contributed by atoms with van der Waals surface area (Å²) in [5, 5.41) is 0. The number of methoxy groups -OCH3 is 2. The van der Waals surface area contributed by atoms with Crippen molar-refractivity contribution >= 4 is 5.97 Å². The van der Waals surface area contributed by atoms with Gasteiger partial charge in [0.05, 0.1) is 14.2 Å². The van der Waals surface area contributed by atoms with Crippen LogP contribution in [0.15, 0.2) is 18.2 Å². The largest absolute Gasteiger partial charge is 0.493 e. The molecule has 1 aromatic carbocycles. The summed E-state index contributed by atoms with van der Waals surface area (Å²) < 4.78 is 15.8. The molecule has 0 saturated heterocycles. The molecule has 0 aliphatic rings. The average Bonchev–Trinajstić information content (AvgIpc) is 2.44. The first-order valence-electron chi connectivity index (χ1n) is 6.53. The quantitative estimate of drug-likeness (QED) is 0.708. The van der Waals surface area contributed by atoms with Crippen molar-refractivity contribution in [3.05, 3.63) is 23.8 Å². The van der Waals surface area contributed by atoms with Gasteiger partial charge in [0.1, 0.15) is 6.10 Å². The van der Waals surface area contributed by atoms with E-state index >= 15 is 0 Å². The molecule has 0 aliphatic carbocycles. The zero-order valence-corrected chi connectivity index (χ0v) is 12.1. The van der Waals surface area contributed by atoms with Crippen LogP contribution in [0.2, 0.25) is 0 Å². The number of unbranched alkanes of at least 4 members (excludes halogenated alkanes) is 1. The molecule has 0 radical (unpaired) electrons. The van der Waals surface area contributed by atoms with E-state index in [-0.39, 0.29) is 12.1 Å². The molecule has 4 nitrogen and oxygen atoms in total. The number of carbonyl (C=O) groups is 1. The van der Waals surface area contributed by atoms with Crippen molar-refractivity contribution in [2.24, 2.45) is 0 Å². The highest BCUT2D eigenvalue weighted by Gasteiger charge is 2.14. The highest BCUT2D eigenvalue weighted by atomic mass is 16.5. The summed E-state index contributed by atoms with van der Waals surface area (Å²) >= 11 is 0. The molecule has 4 heteroatoms. The van der Waals surface area contributed by atoms with E-state index in [1.807, 2.05) is 32.0 Å². The van der Waals surface area contributed by atoms with Gasteiger partial charge in [-0.2, -0.15) is 0 Å². The number of rotatable bonds is 7. The van der Waals surface area contributed by atoms with Gasteiger partial charge < -0.3 is 14.2 Å². The van der Waals surface area contributed by atoms with Gasteiger partial charge in [-0.05, 0) is 31.0 Å². The molecule has 0 aromatic heterocycles. The zero-order chi connectivity index (χ0) is 14.3. The molecule has 1 rings (SSSR count). The lowest BCUT2D eigenvalue weighted by Crippen LogP contribution is -2.08. The van der Waals surface area contributed by atoms with Gasteiger partial charge in [0, 0.05) is 6.42 Å². The fourth-order valence-corrected chi connectivity index (χ4v) is 1.75. The van der Waals surface area contributed by atoms with Crippen LogP contribution in [0.5, 0.6) is 11.5 Å². The third-order valence-corrected chi connectivity index (χ3v) is 2.92. The fraction of sp³-hybridized carbons (Fsp3) is 0.533. The van der Waals surface area contributed by atoms with Crippen molar-refractivity contribution < 1.29 is 19.0 Å². The lowest BCUT2D eigenvalue weighted by atomic mass is 10.1. The Bertz CT molecular complexity index is 415. The monoisotopic (exact) mass is 266 g/mol. The molecule has 0 amide bonds. The van der Waals surface area contributed by atoms with Crippen LogP contribution in [0.25, 0.3) is 0 Å². The van der Waals surface area contributed by atoms with Crippen molar-refractivity contribution in [3.63, 3.8) is 0 Å². The summed E-state index contributed by atoms with van der Waals surface area (Å²) in [5.41, 5.74) is 0.891. The van der Waals surface area contributed by atoms with E-state index < -0.39 is 0 Å². The normalized spacial score (nSPS) is 11.8. The molecule has 0 heterocycles. The second-order valence-electron chi connectivity index (χ2n) is 4.35. The van der Waals surface area contributed by atoms with E-state index in [1.54, 1.807) is 14.2 Å². The van der Waals surface area contributed by atoms with Gasteiger partial charge in [0.15, 0.2) is 11.5 Å². The Morgan fingerprint density at radius 2 is 1.89 bits per heavy atom. The van der Waals surface area contributed by atoms with Gasteiger partial charge >= 0.3 is 5.97 Å². The maximum atomic E-state index is 11.6. The number of esters is 1. The lowest BCUT2D eigenvalue weighted by molar-refractivity contribution is -0.148. The highest BCUT2D eigenvalue weighted by molar-refractivity contribution is 5.69. The summed E-state index contributed by atoms with van der Waals surface area (Å²) in [5.74, 6) is 1.14. The van der Waals surface area contributed by atoms with Gasteiger partial charge in [-0.1, -0.05) is 19.4 Å². The SMILES string of the molecule is CCCCC(=O)O[C@H](C)c1ccc(OC)c(OC)c1. The zero-order valence-electron chi connectivity index (χ0n) is 12.1. The van der Waals surface area contributed by atoms with Gasteiger partial charge in [0.2, 0.25) is 0 Å². The Labute approximate surface area is 114 Å². The van der Waals surface area contributed by atoms with Crippen LogP contribution in [-0.2, 0) is 9.53 Å². The van der Waals surface area contributed by atoms with Gasteiger partial charge in [0.25, 0.3) is 0 Å². The van der Waals surface area contributed by atoms with Crippen LogP contribution in [0.1, 0.15) is 44.8 Å². The summed E-state index contributed by atoms with van der Waals surface area (Å²) in [6, 6.07) is 5.51. The smallest absolute Gasteiger partial charge is 0.306 e. The molecule has 106 valence electrons. The number of hydrogen-bond acceptors (Lipinski definition) is 4. The van der Waals surface area contributed by atoms with Crippen LogP contribution in [0.4, 0.5) is 0 Å². The van der Waals surface area contributed by atoms with E-state index in [1.165, 1.54) is 0 Å². The molecule has 0 unspecified atom stereocenters. The lowest BCUT2D eigenvalue weighted by Gasteiger charge is -2.15. The minimum absolute atomic E-state index is 0.163. The van der Waals surface area contributed by atoms with E-state index in [2.05, 4.69) is 0 Å². The molecule has 0 N–H and O–H groups in total. The molecule has 0 bridgehead atoms. The predicted octanol–water partition coefficient (Wildman–Crippen LogP) is 3.50. The molecule has 0 fully saturated rings. The Kier molecular flexibility index (Phi) is 6.19. The minimum atomic E-state index is -0.288. The van der Waals surface area contributed by atoms with E-state index in [0.29, 0.717) is 17.9 Å². The van der Waals surface area contributed by atoms with Gasteiger partial charge in [-0.15, -0.1) is 0 Å². The average molecular weight is 266 g/mol. The first-order chi connectivity index (χ1) is 9.12. The second-order valence-corrected chi connectivity index (χ2v) is 4.35. The number of ether oxygens (including phenoxy) is 3. The standard InChI is InChI=1S/C15H22O4/c1-5-6-7-15(16)19-11(2)12-8-9-13(17-3)14(10-12)18-4/h8-11H,5-7H2,1-4H3/t11-/m1/s1. The van der Waals surface area contributed by atoms with Crippen LogP contribution in [-0.4, -0.2) is 20.2 Å². The van der Waals surface area contributed by atoms with Crippen LogP contribution >= 0.6 is 0 Å². The predicted molar refractivity (Wildman–Crippen MR) is 73.6 cm³/mol. The Hall–Kier alpha value is -1.71. The van der Waals surface area contributed by atoms with Crippen molar-refractivity contribution in [1.82, 2.24) is 0 Å². The summed E-state index contributed by atoms with van der Waals surface area (Å²) in [6.45, 7) is 3.90. The number of carbonyl (C=O) groups excluding carboxylic acids is 1. The maximum absolute atomic E-state index is 11.6. The van der Waals surface area contributed by atoms with Crippen LogP contribution in [0, 0.1) is 0 Å². The molecular weight excluding hydrogens is 244 g/mol. The maximum Gasteiger partial charge on any atom is 0.306 e. The van der Waals surface area contributed by atoms with Crippen LogP contribution < -0.4 is 9.47 Å².